The standard InChI is InChI=1S/C25H26N2O5S2/c1-4-18-14(2)34-23-22(18)24(29)27(12-17-6-5-9-31-17)25(26-23)33-13-15-10-21(28)32-20-11-16(30-3)7-8-19(15)20/h7-8,10-11,17H,4-6,9,12-13H2,1-3H3/t17-/m0/s1. The zero-order valence-corrected chi connectivity index (χ0v) is 21.0. The van der Waals surface area contributed by atoms with Crippen LogP contribution in [0.2, 0.25) is 0 Å². The molecule has 0 N–H and O–H groups in total. The Morgan fingerprint density at radius 3 is 2.88 bits per heavy atom. The monoisotopic (exact) mass is 498 g/mol. The summed E-state index contributed by atoms with van der Waals surface area (Å²) in [5.74, 6) is 1.10. The van der Waals surface area contributed by atoms with Crippen LogP contribution in [0, 0.1) is 6.92 Å². The van der Waals surface area contributed by atoms with Gasteiger partial charge in [0.05, 0.1) is 25.1 Å². The molecule has 1 aliphatic heterocycles. The molecule has 1 saturated heterocycles. The third-order valence-corrected chi connectivity index (χ3v) is 8.30. The molecule has 1 fully saturated rings. The van der Waals surface area contributed by atoms with Crippen molar-refractivity contribution < 1.29 is 13.9 Å². The van der Waals surface area contributed by atoms with Crippen LogP contribution in [0.15, 0.2) is 43.4 Å². The van der Waals surface area contributed by atoms with Crippen LogP contribution in [-0.4, -0.2) is 29.4 Å². The summed E-state index contributed by atoms with van der Waals surface area (Å²) in [6.07, 6.45) is 2.75. The van der Waals surface area contributed by atoms with Crippen molar-refractivity contribution in [2.24, 2.45) is 0 Å². The van der Waals surface area contributed by atoms with Gasteiger partial charge < -0.3 is 13.9 Å². The second kappa shape index (κ2) is 9.56. The Hall–Kier alpha value is -2.62. The molecule has 5 rings (SSSR count). The maximum Gasteiger partial charge on any atom is 0.336 e. The number of aromatic nitrogens is 2. The van der Waals surface area contributed by atoms with E-state index in [0.29, 0.717) is 28.8 Å². The topological polar surface area (TPSA) is 83.6 Å². The average Bonchev–Trinajstić information content (AvgIpc) is 3.45. The number of aryl methyl sites for hydroxylation is 2. The Labute approximate surface area is 204 Å². The summed E-state index contributed by atoms with van der Waals surface area (Å²) in [5, 5.41) is 2.21. The van der Waals surface area contributed by atoms with Gasteiger partial charge in [0.1, 0.15) is 16.2 Å². The Bertz CT molecular complexity index is 1480. The zero-order chi connectivity index (χ0) is 23.8. The van der Waals surface area contributed by atoms with Gasteiger partial charge in [0.25, 0.3) is 5.56 Å². The van der Waals surface area contributed by atoms with Crippen LogP contribution in [0.3, 0.4) is 0 Å². The first kappa shape index (κ1) is 23.1. The summed E-state index contributed by atoms with van der Waals surface area (Å²) in [5.41, 5.74) is 1.96. The van der Waals surface area contributed by atoms with Crippen molar-refractivity contribution in [1.82, 2.24) is 9.55 Å². The molecule has 9 heteroatoms. The molecule has 3 aromatic heterocycles. The molecule has 7 nitrogen and oxygen atoms in total. The van der Waals surface area contributed by atoms with Crippen molar-refractivity contribution in [2.75, 3.05) is 13.7 Å². The highest BCUT2D eigenvalue weighted by molar-refractivity contribution is 7.98. The minimum atomic E-state index is -0.419. The summed E-state index contributed by atoms with van der Waals surface area (Å²) < 4.78 is 18.3. The van der Waals surface area contributed by atoms with Gasteiger partial charge in [-0.05, 0) is 49.4 Å². The molecular weight excluding hydrogens is 472 g/mol. The molecule has 0 bridgehead atoms. The molecule has 0 aliphatic carbocycles. The number of ether oxygens (including phenoxy) is 2. The Morgan fingerprint density at radius 1 is 1.29 bits per heavy atom. The lowest BCUT2D eigenvalue weighted by atomic mass is 10.1. The Balaban J connectivity index is 1.57. The molecule has 178 valence electrons. The number of thioether (sulfide) groups is 1. The summed E-state index contributed by atoms with van der Waals surface area (Å²) in [6.45, 7) is 5.33. The number of hydrogen-bond acceptors (Lipinski definition) is 8. The van der Waals surface area contributed by atoms with E-state index in [-0.39, 0.29) is 11.7 Å². The van der Waals surface area contributed by atoms with E-state index in [1.807, 2.05) is 19.1 Å². The number of rotatable bonds is 7. The van der Waals surface area contributed by atoms with Gasteiger partial charge in [-0.3, -0.25) is 9.36 Å². The van der Waals surface area contributed by atoms with Crippen LogP contribution in [0.25, 0.3) is 21.2 Å². The quantitative estimate of drug-likeness (QED) is 0.203. The van der Waals surface area contributed by atoms with Crippen molar-refractivity contribution in [2.45, 2.75) is 56.7 Å². The van der Waals surface area contributed by atoms with E-state index in [2.05, 4.69) is 6.92 Å². The van der Waals surface area contributed by atoms with Gasteiger partial charge in [-0.2, -0.15) is 0 Å². The van der Waals surface area contributed by atoms with Crippen molar-refractivity contribution in [3.05, 3.63) is 61.0 Å². The van der Waals surface area contributed by atoms with Crippen molar-refractivity contribution >= 4 is 44.3 Å². The fraction of sp³-hybridized carbons (Fsp3) is 0.400. The molecule has 34 heavy (non-hydrogen) atoms. The first-order chi connectivity index (χ1) is 16.5. The van der Waals surface area contributed by atoms with Gasteiger partial charge in [-0.25, -0.2) is 9.78 Å². The van der Waals surface area contributed by atoms with Crippen LogP contribution in [0.5, 0.6) is 5.75 Å². The van der Waals surface area contributed by atoms with Crippen LogP contribution >= 0.6 is 23.1 Å². The number of hydrogen-bond donors (Lipinski definition) is 0. The highest BCUT2D eigenvalue weighted by atomic mass is 32.2. The highest BCUT2D eigenvalue weighted by Gasteiger charge is 2.23. The minimum Gasteiger partial charge on any atom is -0.497 e. The number of thiophene rings is 1. The first-order valence-electron chi connectivity index (χ1n) is 11.4. The van der Waals surface area contributed by atoms with E-state index in [0.717, 1.165) is 57.5 Å². The van der Waals surface area contributed by atoms with Crippen molar-refractivity contribution in [3.8, 4) is 5.75 Å². The van der Waals surface area contributed by atoms with Gasteiger partial charge in [0.2, 0.25) is 0 Å². The molecule has 0 saturated carbocycles. The van der Waals surface area contributed by atoms with E-state index >= 15 is 0 Å². The van der Waals surface area contributed by atoms with Crippen LogP contribution < -0.4 is 15.9 Å². The summed E-state index contributed by atoms with van der Waals surface area (Å²) >= 11 is 3.03. The van der Waals surface area contributed by atoms with E-state index in [1.54, 1.807) is 29.1 Å². The van der Waals surface area contributed by atoms with Crippen molar-refractivity contribution in [1.29, 1.82) is 0 Å². The molecule has 1 atom stereocenters. The number of benzene rings is 1. The average molecular weight is 499 g/mol. The molecule has 0 unspecified atom stereocenters. The molecule has 1 aliphatic rings. The van der Waals surface area contributed by atoms with Crippen molar-refractivity contribution in [3.63, 3.8) is 0 Å². The smallest absolute Gasteiger partial charge is 0.336 e. The molecular formula is C25H26N2O5S2. The van der Waals surface area contributed by atoms with E-state index in [9.17, 15) is 9.59 Å². The highest BCUT2D eigenvalue weighted by Crippen LogP contribution is 2.32. The summed E-state index contributed by atoms with van der Waals surface area (Å²) in [7, 11) is 1.57. The number of methoxy groups -OCH3 is 1. The van der Waals surface area contributed by atoms with Gasteiger partial charge in [-0.15, -0.1) is 11.3 Å². The molecule has 0 spiro atoms. The third kappa shape index (κ3) is 4.28. The fourth-order valence-electron chi connectivity index (χ4n) is 4.52. The third-order valence-electron chi connectivity index (χ3n) is 6.24. The Morgan fingerprint density at radius 2 is 2.15 bits per heavy atom. The largest absolute Gasteiger partial charge is 0.497 e. The lowest BCUT2D eigenvalue weighted by molar-refractivity contribution is 0.0937. The SMILES string of the molecule is CCc1c(C)sc2nc(SCc3cc(=O)oc4cc(OC)ccc34)n(C[C@@H]3CCCO3)c(=O)c12. The van der Waals surface area contributed by atoms with Crippen LogP contribution in [-0.2, 0) is 23.5 Å². The van der Waals surface area contributed by atoms with Gasteiger partial charge in [0.15, 0.2) is 5.16 Å². The van der Waals surface area contributed by atoms with Crippen LogP contribution in [0.1, 0.15) is 35.8 Å². The summed E-state index contributed by atoms with van der Waals surface area (Å²) in [6, 6.07) is 6.95. The van der Waals surface area contributed by atoms with E-state index in [1.165, 1.54) is 17.8 Å². The van der Waals surface area contributed by atoms with E-state index < -0.39 is 5.63 Å². The lowest BCUT2D eigenvalue weighted by Crippen LogP contribution is -2.29. The first-order valence-corrected chi connectivity index (χ1v) is 13.2. The molecule has 4 aromatic rings. The molecule has 0 radical (unpaired) electrons. The zero-order valence-electron chi connectivity index (χ0n) is 19.4. The Kier molecular flexibility index (Phi) is 6.50. The van der Waals surface area contributed by atoms with E-state index in [4.69, 9.17) is 18.9 Å². The predicted octanol–water partition coefficient (Wildman–Crippen LogP) is 4.92. The second-order valence-corrected chi connectivity index (χ2v) is 10.5. The lowest BCUT2D eigenvalue weighted by Gasteiger charge is -2.16. The molecule has 0 amide bonds. The fourth-order valence-corrected chi connectivity index (χ4v) is 6.67. The normalized spacial score (nSPS) is 16.0. The number of fused-ring (bicyclic) bond motifs is 2. The summed E-state index contributed by atoms with van der Waals surface area (Å²) in [4.78, 5) is 32.7. The minimum absolute atomic E-state index is 0.00799. The van der Waals surface area contributed by atoms with Crippen LogP contribution in [0.4, 0.5) is 0 Å². The van der Waals surface area contributed by atoms with Gasteiger partial charge in [-0.1, -0.05) is 18.7 Å². The maximum absolute atomic E-state index is 13.7. The second-order valence-electron chi connectivity index (χ2n) is 8.36. The molecule has 4 heterocycles. The maximum atomic E-state index is 13.7. The molecule has 1 aromatic carbocycles. The van der Waals surface area contributed by atoms with Gasteiger partial charge >= 0.3 is 5.63 Å². The predicted molar refractivity (Wildman–Crippen MR) is 136 cm³/mol. The number of nitrogens with zero attached hydrogens (tertiary/aromatic N) is 2. The van der Waals surface area contributed by atoms with Gasteiger partial charge in [0, 0.05) is 34.8 Å².